The van der Waals surface area contributed by atoms with Crippen LogP contribution in [0.2, 0.25) is 0 Å². The van der Waals surface area contributed by atoms with E-state index < -0.39 is 0 Å². The molecule has 0 aliphatic rings. The first-order valence-electron chi connectivity index (χ1n) is 7.11. The number of furan rings is 1. The summed E-state index contributed by atoms with van der Waals surface area (Å²) in [4.78, 5) is 18.3. The molecule has 1 unspecified atom stereocenters. The first kappa shape index (κ1) is 15.2. The molecule has 0 fully saturated rings. The molecule has 2 rings (SSSR count). The third-order valence-electron chi connectivity index (χ3n) is 3.35. The van der Waals surface area contributed by atoms with Crippen molar-refractivity contribution >= 4 is 5.91 Å². The van der Waals surface area contributed by atoms with E-state index in [1.807, 2.05) is 13.0 Å². The zero-order valence-corrected chi connectivity index (χ0v) is 12.6. The van der Waals surface area contributed by atoms with E-state index in [0.29, 0.717) is 18.1 Å². The van der Waals surface area contributed by atoms with Crippen molar-refractivity contribution in [2.45, 2.75) is 33.4 Å². The van der Waals surface area contributed by atoms with Crippen molar-refractivity contribution < 1.29 is 9.21 Å². The number of aromatic amines is 1. The lowest BCUT2D eigenvalue weighted by atomic mass is 10.3. The average molecular weight is 291 g/mol. The van der Waals surface area contributed by atoms with Gasteiger partial charge in [-0.1, -0.05) is 13.8 Å². The van der Waals surface area contributed by atoms with Crippen LogP contribution in [-0.4, -0.2) is 39.1 Å². The van der Waals surface area contributed by atoms with Gasteiger partial charge in [0, 0.05) is 0 Å². The molecule has 2 N–H and O–H groups in total. The van der Waals surface area contributed by atoms with Crippen molar-refractivity contribution in [3.8, 4) is 0 Å². The van der Waals surface area contributed by atoms with Gasteiger partial charge >= 0.3 is 0 Å². The minimum Gasteiger partial charge on any atom is -0.455 e. The highest BCUT2D eigenvalue weighted by atomic mass is 16.4. The zero-order valence-electron chi connectivity index (χ0n) is 12.6. The second-order valence-electron chi connectivity index (χ2n) is 4.79. The van der Waals surface area contributed by atoms with Crippen LogP contribution in [0.5, 0.6) is 0 Å². The summed E-state index contributed by atoms with van der Waals surface area (Å²) < 4.78 is 5.60. The molecule has 114 valence electrons. The Labute approximate surface area is 123 Å². The molecule has 7 nitrogen and oxygen atoms in total. The third-order valence-corrected chi connectivity index (χ3v) is 3.35. The molecule has 0 saturated heterocycles. The highest BCUT2D eigenvalue weighted by molar-refractivity contribution is 5.91. The fraction of sp³-hybridized carbons (Fsp3) is 0.500. The van der Waals surface area contributed by atoms with E-state index in [1.54, 1.807) is 6.07 Å². The van der Waals surface area contributed by atoms with E-state index in [-0.39, 0.29) is 11.9 Å². The lowest BCUT2D eigenvalue weighted by Crippen LogP contribution is -2.27. The quantitative estimate of drug-likeness (QED) is 0.811. The van der Waals surface area contributed by atoms with Crippen molar-refractivity contribution in [2.75, 3.05) is 13.1 Å². The average Bonchev–Trinajstić information content (AvgIpc) is 3.16. The van der Waals surface area contributed by atoms with Crippen molar-refractivity contribution in [1.29, 1.82) is 0 Å². The summed E-state index contributed by atoms with van der Waals surface area (Å²) in [5, 5.41) is 9.30. The van der Waals surface area contributed by atoms with Crippen molar-refractivity contribution in [2.24, 2.45) is 0 Å². The summed E-state index contributed by atoms with van der Waals surface area (Å²) in [5.74, 6) is 1.45. The maximum atomic E-state index is 12.1. The molecule has 0 spiro atoms. The second kappa shape index (κ2) is 7.03. The number of H-pyrrole nitrogens is 1. The van der Waals surface area contributed by atoms with Gasteiger partial charge in [-0.05, 0) is 32.1 Å². The van der Waals surface area contributed by atoms with Crippen LogP contribution >= 0.6 is 0 Å². The third kappa shape index (κ3) is 3.91. The van der Waals surface area contributed by atoms with Crippen LogP contribution in [0.1, 0.15) is 49.0 Å². The lowest BCUT2D eigenvalue weighted by molar-refractivity contribution is 0.0906. The number of nitrogens with one attached hydrogen (secondary N) is 2. The van der Waals surface area contributed by atoms with E-state index >= 15 is 0 Å². The Morgan fingerprint density at radius 3 is 2.81 bits per heavy atom. The van der Waals surface area contributed by atoms with Gasteiger partial charge in [-0.3, -0.25) is 14.8 Å². The van der Waals surface area contributed by atoms with Gasteiger partial charge in [-0.25, -0.2) is 4.98 Å². The Kier molecular flexibility index (Phi) is 5.10. The van der Waals surface area contributed by atoms with Gasteiger partial charge in [0.05, 0.1) is 12.6 Å². The molecule has 0 radical (unpaired) electrons. The molecule has 0 aromatic carbocycles. The van der Waals surface area contributed by atoms with Crippen LogP contribution in [0, 0.1) is 0 Å². The largest absolute Gasteiger partial charge is 0.455 e. The molecule has 2 aromatic rings. The Morgan fingerprint density at radius 1 is 1.43 bits per heavy atom. The van der Waals surface area contributed by atoms with Gasteiger partial charge in [-0.2, -0.15) is 5.10 Å². The van der Waals surface area contributed by atoms with Crippen molar-refractivity contribution in [1.82, 2.24) is 25.4 Å². The number of hydrogen-bond donors (Lipinski definition) is 2. The Hall–Kier alpha value is -2.15. The summed E-state index contributed by atoms with van der Waals surface area (Å²) in [6, 6.07) is 3.28. The number of rotatable bonds is 7. The molecule has 2 aromatic heterocycles. The summed E-state index contributed by atoms with van der Waals surface area (Å²) in [6.45, 7) is 8.62. The first-order chi connectivity index (χ1) is 10.1. The van der Waals surface area contributed by atoms with Crippen LogP contribution < -0.4 is 5.32 Å². The van der Waals surface area contributed by atoms with Gasteiger partial charge in [-0.15, -0.1) is 0 Å². The van der Waals surface area contributed by atoms with E-state index in [0.717, 1.165) is 18.8 Å². The van der Waals surface area contributed by atoms with Crippen LogP contribution in [-0.2, 0) is 6.54 Å². The van der Waals surface area contributed by atoms with Crippen LogP contribution in [0.25, 0.3) is 0 Å². The van der Waals surface area contributed by atoms with Gasteiger partial charge in [0.1, 0.15) is 17.9 Å². The summed E-state index contributed by atoms with van der Waals surface area (Å²) >= 11 is 0. The minimum atomic E-state index is -0.260. The van der Waals surface area contributed by atoms with Gasteiger partial charge in [0.25, 0.3) is 5.91 Å². The molecule has 7 heteroatoms. The maximum absolute atomic E-state index is 12.1. The molecular formula is C14H21N5O2. The van der Waals surface area contributed by atoms with Gasteiger partial charge < -0.3 is 9.73 Å². The van der Waals surface area contributed by atoms with Gasteiger partial charge in [0.15, 0.2) is 5.76 Å². The fourth-order valence-corrected chi connectivity index (χ4v) is 2.01. The number of aromatic nitrogens is 3. The topological polar surface area (TPSA) is 87.0 Å². The summed E-state index contributed by atoms with van der Waals surface area (Å²) in [6.07, 6.45) is 1.41. The summed E-state index contributed by atoms with van der Waals surface area (Å²) in [5.41, 5.74) is 0. The van der Waals surface area contributed by atoms with Crippen molar-refractivity contribution in [3.05, 3.63) is 35.8 Å². The highest BCUT2D eigenvalue weighted by Gasteiger charge is 2.17. The van der Waals surface area contributed by atoms with E-state index in [9.17, 15) is 4.79 Å². The van der Waals surface area contributed by atoms with Crippen LogP contribution in [0.3, 0.4) is 0 Å². The molecule has 0 bridgehead atoms. The first-order valence-corrected chi connectivity index (χ1v) is 7.11. The number of hydrogen-bond acceptors (Lipinski definition) is 5. The molecule has 1 amide bonds. The van der Waals surface area contributed by atoms with Crippen LogP contribution in [0.15, 0.2) is 22.9 Å². The van der Waals surface area contributed by atoms with Crippen LogP contribution in [0.4, 0.5) is 0 Å². The molecular weight excluding hydrogens is 270 g/mol. The Bertz CT molecular complexity index is 560. The lowest BCUT2D eigenvalue weighted by Gasteiger charge is -2.15. The molecule has 0 aliphatic heterocycles. The van der Waals surface area contributed by atoms with E-state index in [1.165, 1.54) is 6.33 Å². The smallest absolute Gasteiger partial charge is 0.287 e. The monoisotopic (exact) mass is 291 g/mol. The molecule has 0 saturated carbocycles. The minimum absolute atomic E-state index is 0.253. The second-order valence-corrected chi connectivity index (χ2v) is 4.79. The highest BCUT2D eigenvalue weighted by Crippen LogP contribution is 2.12. The molecule has 1 atom stereocenters. The zero-order chi connectivity index (χ0) is 15.2. The molecule has 0 aliphatic carbocycles. The number of amides is 1. The van der Waals surface area contributed by atoms with Crippen molar-refractivity contribution in [3.63, 3.8) is 0 Å². The molecule has 2 heterocycles. The maximum Gasteiger partial charge on any atom is 0.287 e. The Morgan fingerprint density at radius 2 is 2.19 bits per heavy atom. The predicted molar refractivity (Wildman–Crippen MR) is 77.6 cm³/mol. The predicted octanol–water partition coefficient (Wildman–Crippen LogP) is 1.73. The fourth-order valence-electron chi connectivity index (χ4n) is 2.01. The molecule has 21 heavy (non-hydrogen) atoms. The van der Waals surface area contributed by atoms with Gasteiger partial charge in [0.2, 0.25) is 0 Å². The summed E-state index contributed by atoms with van der Waals surface area (Å²) in [7, 11) is 0. The number of carbonyl (C=O) groups excluding carboxylic acids is 1. The van der Waals surface area contributed by atoms with E-state index in [2.05, 4.69) is 39.2 Å². The van der Waals surface area contributed by atoms with E-state index in [4.69, 9.17) is 4.42 Å². The number of nitrogens with zero attached hydrogens (tertiary/aromatic N) is 3. The SMILES string of the molecule is CCN(CC)Cc1ccc(C(=O)NC(C)c2ncn[nH]2)o1. The normalized spacial score (nSPS) is 12.6. The Balaban J connectivity index is 1.95. The number of carbonyl (C=O) groups is 1. The standard InChI is InChI=1S/C14H21N5O2/c1-4-19(5-2)8-11-6-7-12(21-11)14(20)17-10(3)13-15-9-16-18-13/h6-7,9-10H,4-5,8H2,1-3H3,(H,17,20)(H,15,16,18).